The molecule has 0 spiro atoms. The molecule has 0 radical (unpaired) electrons. The topological polar surface area (TPSA) is 48.7 Å². The predicted molar refractivity (Wildman–Crippen MR) is 85.6 cm³/mol. The predicted octanol–water partition coefficient (Wildman–Crippen LogP) is 1.66. The van der Waals surface area contributed by atoms with Crippen LogP contribution in [-0.4, -0.2) is 55.5 Å². The zero-order chi connectivity index (χ0) is 15.5. The second kappa shape index (κ2) is 6.84. The molecule has 2 atom stereocenters. The van der Waals surface area contributed by atoms with Crippen molar-refractivity contribution in [2.75, 3.05) is 39.8 Å². The Morgan fingerprint density at radius 2 is 2.27 bits per heavy atom. The molecule has 1 saturated heterocycles. The first kappa shape index (κ1) is 15.6. The van der Waals surface area contributed by atoms with Crippen LogP contribution in [0.5, 0.6) is 0 Å². The summed E-state index contributed by atoms with van der Waals surface area (Å²) in [6.07, 6.45) is 5.06. The Morgan fingerprint density at radius 3 is 3.05 bits per heavy atom. The quantitative estimate of drug-likeness (QED) is 0.919. The van der Waals surface area contributed by atoms with E-state index in [4.69, 9.17) is 4.42 Å². The minimum Gasteiger partial charge on any atom is -0.467 e. The van der Waals surface area contributed by atoms with E-state index >= 15 is 0 Å². The molecular formula is C17H27N3O2. The van der Waals surface area contributed by atoms with E-state index in [1.807, 2.05) is 18.0 Å². The van der Waals surface area contributed by atoms with Gasteiger partial charge < -0.3 is 19.5 Å². The lowest BCUT2D eigenvalue weighted by molar-refractivity contribution is -0.134. The first-order valence-corrected chi connectivity index (χ1v) is 8.47. The number of furan rings is 1. The number of likely N-dealkylation sites (N-methyl/N-ethyl adjacent to an activating group) is 1. The molecule has 0 aromatic carbocycles. The Labute approximate surface area is 132 Å². The van der Waals surface area contributed by atoms with Gasteiger partial charge in [-0.05, 0) is 56.9 Å². The Hall–Kier alpha value is -1.33. The third kappa shape index (κ3) is 3.06. The van der Waals surface area contributed by atoms with Crippen molar-refractivity contribution >= 4 is 5.91 Å². The highest BCUT2D eigenvalue weighted by molar-refractivity contribution is 5.83. The molecule has 3 rings (SSSR count). The fraction of sp³-hybridized carbons (Fsp3) is 0.706. The highest BCUT2D eigenvalue weighted by atomic mass is 16.3. The van der Waals surface area contributed by atoms with Crippen LogP contribution in [0.3, 0.4) is 0 Å². The summed E-state index contributed by atoms with van der Waals surface area (Å²) in [6, 6.07) is 1.66. The highest BCUT2D eigenvalue weighted by Crippen LogP contribution is 2.27. The van der Waals surface area contributed by atoms with E-state index in [2.05, 4.69) is 17.1 Å². The molecule has 2 unspecified atom stereocenters. The van der Waals surface area contributed by atoms with Crippen LogP contribution in [0.15, 0.2) is 16.7 Å². The average Bonchev–Trinajstić information content (AvgIpc) is 2.96. The van der Waals surface area contributed by atoms with Gasteiger partial charge in [0, 0.05) is 19.6 Å². The van der Waals surface area contributed by atoms with Gasteiger partial charge in [0.2, 0.25) is 5.91 Å². The second-order valence-corrected chi connectivity index (χ2v) is 6.47. The van der Waals surface area contributed by atoms with Crippen LogP contribution in [0, 0.1) is 5.92 Å². The molecule has 0 bridgehead atoms. The summed E-state index contributed by atoms with van der Waals surface area (Å²) in [6.45, 7) is 7.32. The van der Waals surface area contributed by atoms with Crippen molar-refractivity contribution in [1.82, 2.24) is 15.1 Å². The number of carbonyl (C=O) groups is 1. The van der Waals surface area contributed by atoms with Crippen LogP contribution in [-0.2, 0) is 11.2 Å². The summed E-state index contributed by atoms with van der Waals surface area (Å²) in [5.74, 6) is 1.55. The average molecular weight is 305 g/mol. The molecule has 1 aromatic rings. The van der Waals surface area contributed by atoms with E-state index < -0.39 is 0 Å². The van der Waals surface area contributed by atoms with Gasteiger partial charge in [-0.3, -0.25) is 4.79 Å². The SMILES string of the molecule is CCN1CCCC(CN2CCc3ccoc3C(NC)C2=O)C1. The number of carbonyl (C=O) groups excluding carboxylic acids is 1. The number of fused-ring (bicyclic) bond motifs is 1. The molecule has 2 aliphatic rings. The maximum atomic E-state index is 12.9. The van der Waals surface area contributed by atoms with E-state index in [1.54, 1.807) is 6.26 Å². The third-order valence-corrected chi connectivity index (χ3v) is 5.07. The van der Waals surface area contributed by atoms with Crippen LogP contribution in [0.1, 0.15) is 37.1 Å². The molecule has 1 fully saturated rings. The third-order valence-electron chi connectivity index (χ3n) is 5.07. The van der Waals surface area contributed by atoms with Gasteiger partial charge in [-0.25, -0.2) is 0 Å². The summed E-state index contributed by atoms with van der Waals surface area (Å²) in [7, 11) is 1.83. The lowest BCUT2D eigenvalue weighted by Crippen LogP contribution is -2.45. The van der Waals surface area contributed by atoms with Crippen molar-refractivity contribution in [3.63, 3.8) is 0 Å². The van der Waals surface area contributed by atoms with Gasteiger partial charge in [0.15, 0.2) is 0 Å². The summed E-state index contributed by atoms with van der Waals surface area (Å²) in [4.78, 5) is 17.4. The first-order chi connectivity index (χ1) is 10.7. The van der Waals surface area contributed by atoms with Gasteiger partial charge in [0.1, 0.15) is 11.8 Å². The van der Waals surface area contributed by atoms with Crippen molar-refractivity contribution in [2.24, 2.45) is 5.92 Å². The molecule has 3 heterocycles. The fourth-order valence-electron chi connectivity index (χ4n) is 3.80. The number of hydrogen-bond donors (Lipinski definition) is 1. The summed E-state index contributed by atoms with van der Waals surface area (Å²) in [5.41, 5.74) is 1.16. The molecular weight excluding hydrogens is 278 g/mol. The molecule has 1 N–H and O–H groups in total. The van der Waals surface area contributed by atoms with Crippen LogP contribution in [0.2, 0.25) is 0 Å². The van der Waals surface area contributed by atoms with Gasteiger partial charge in [-0.1, -0.05) is 6.92 Å². The smallest absolute Gasteiger partial charge is 0.247 e. The van der Waals surface area contributed by atoms with Crippen LogP contribution >= 0.6 is 0 Å². The summed E-state index contributed by atoms with van der Waals surface area (Å²) in [5, 5.41) is 3.13. The number of hydrogen-bond acceptors (Lipinski definition) is 4. The Bertz CT molecular complexity index is 514. The Kier molecular flexibility index (Phi) is 4.84. The van der Waals surface area contributed by atoms with E-state index in [1.165, 1.54) is 19.4 Å². The lowest BCUT2D eigenvalue weighted by atomic mass is 9.97. The maximum absolute atomic E-state index is 12.9. The summed E-state index contributed by atoms with van der Waals surface area (Å²) >= 11 is 0. The monoisotopic (exact) mass is 305 g/mol. The van der Waals surface area contributed by atoms with Gasteiger partial charge in [-0.2, -0.15) is 0 Å². The normalized spacial score (nSPS) is 26.8. The van der Waals surface area contributed by atoms with Crippen molar-refractivity contribution < 1.29 is 9.21 Å². The molecule has 5 heteroatoms. The lowest BCUT2D eigenvalue weighted by Gasteiger charge is -2.35. The van der Waals surface area contributed by atoms with Crippen molar-refractivity contribution in [3.05, 3.63) is 23.7 Å². The highest BCUT2D eigenvalue weighted by Gasteiger charge is 2.33. The minimum atomic E-state index is -0.335. The Balaban J connectivity index is 1.69. The Morgan fingerprint density at radius 1 is 1.41 bits per heavy atom. The van der Waals surface area contributed by atoms with Gasteiger partial charge >= 0.3 is 0 Å². The van der Waals surface area contributed by atoms with Crippen molar-refractivity contribution in [1.29, 1.82) is 0 Å². The number of nitrogens with one attached hydrogen (secondary N) is 1. The largest absolute Gasteiger partial charge is 0.467 e. The molecule has 1 aromatic heterocycles. The number of likely N-dealkylation sites (tertiary alicyclic amines) is 1. The number of piperidine rings is 1. The maximum Gasteiger partial charge on any atom is 0.247 e. The first-order valence-electron chi connectivity index (χ1n) is 8.47. The van der Waals surface area contributed by atoms with E-state index in [-0.39, 0.29) is 11.9 Å². The van der Waals surface area contributed by atoms with E-state index in [9.17, 15) is 4.79 Å². The zero-order valence-corrected chi connectivity index (χ0v) is 13.7. The zero-order valence-electron chi connectivity index (χ0n) is 13.7. The second-order valence-electron chi connectivity index (χ2n) is 6.47. The molecule has 0 saturated carbocycles. The van der Waals surface area contributed by atoms with Gasteiger partial charge in [0.05, 0.1) is 6.26 Å². The van der Waals surface area contributed by atoms with Crippen molar-refractivity contribution in [2.45, 2.75) is 32.2 Å². The molecule has 22 heavy (non-hydrogen) atoms. The number of amides is 1. The number of rotatable bonds is 4. The fourth-order valence-corrected chi connectivity index (χ4v) is 3.80. The van der Waals surface area contributed by atoms with Crippen LogP contribution < -0.4 is 5.32 Å². The van der Waals surface area contributed by atoms with Crippen LogP contribution in [0.4, 0.5) is 0 Å². The number of nitrogens with zero attached hydrogens (tertiary/aromatic N) is 2. The molecule has 5 nitrogen and oxygen atoms in total. The van der Waals surface area contributed by atoms with E-state index in [0.717, 1.165) is 43.9 Å². The van der Waals surface area contributed by atoms with E-state index in [0.29, 0.717) is 5.92 Å². The molecule has 2 aliphatic heterocycles. The van der Waals surface area contributed by atoms with Crippen molar-refractivity contribution in [3.8, 4) is 0 Å². The molecule has 0 aliphatic carbocycles. The van der Waals surface area contributed by atoms with Crippen LogP contribution in [0.25, 0.3) is 0 Å². The summed E-state index contributed by atoms with van der Waals surface area (Å²) < 4.78 is 5.56. The molecule has 1 amide bonds. The van der Waals surface area contributed by atoms with Gasteiger partial charge in [-0.15, -0.1) is 0 Å². The standard InChI is InChI=1S/C17H27N3O2/c1-3-19-8-4-5-13(11-19)12-20-9-6-14-7-10-22-16(14)15(18-2)17(20)21/h7,10,13,15,18H,3-6,8-9,11-12H2,1-2H3. The van der Waals surface area contributed by atoms with Gasteiger partial charge in [0.25, 0.3) is 0 Å². The minimum absolute atomic E-state index is 0.157. The molecule has 122 valence electrons.